The van der Waals surface area contributed by atoms with Crippen LogP contribution in [0.5, 0.6) is 17.2 Å². The molecule has 5 nitrogen and oxygen atoms in total. The van der Waals surface area contributed by atoms with Gasteiger partial charge in [0.2, 0.25) is 5.75 Å². The Morgan fingerprint density at radius 2 is 1.81 bits per heavy atom. The summed E-state index contributed by atoms with van der Waals surface area (Å²) in [4.78, 5) is 0. The van der Waals surface area contributed by atoms with E-state index in [-0.39, 0.29) is 0 Å². The summed E-state index contributed by atoms with van der Waals surface area (Å²) in [6, 6.07) is 7.53. The summed E-state index contributed by atoms with van der Waals surface area (Å²) in [5, 5.41) is 3.06. The van der Waals surface area contributed by atoms with Crippen molar-refractivity contribution in [1.82, 2.24) is 5.32 Å². The first-order valence-electron chi connectivity index (χ1n) is 6.76. The minimum atomic E-state index is 0.399. The maximum atomic E-state index is 5.88. The van der Waals surface area contributed by atoms with Crippen LogP contribution in [-0.2, 0) is 13.2 Å². The van der Waals surface area contributed by atoms with E-state index in [1.54, 1.807) is 14.2 Å². The van der Waals surface area contributed by atoms with Gasteiger partial charge in [0.05, 0.1) is 20.8 Å². The van der Waals surface area contributed by atoms with Crippen LogP contribution in [0, 0.1) is 6.92 Å². The monoisotopic (exact) mass is 291 g/mol. The van der Waals surface area contributed by atoms with E-state index < -0.39 is 0 Å². The molecule has 1 aromatic carbocycles. The van der Waals surface area contributed by atoms with E-state index in [4.69, 9.17) is 18.6 Å². The fourth-order valence-corrected chi connectivity index (χ4v) is 2.10. The van der Waals surface area contributed by atoms with Gasteiger partial charge in [-0.3, -0.25) is 0 Å². The van der Waals surface area contributed by atoms with E-state index in [1.807, 2.05) is 38.2 Å². The Labute approximate surface area is 124 Å². The highest BCUT2D eigenvalue weighted by atomic mass is 16.5. The van der Waals surface area contributed by atoms with E-state index in [1.165, 1.54) is 0 Å². The first-order chi connectivity index (χ1) is 10.2. The molecule has 0 aliphatic carbocycles. The van der Waals surface area contributed by atoms with Gasteiger partial charge in [0.15, 0.2) is 11.5 Å². The third-order valence-corrected chi connectivity index (χ3v) is 3.18. The maximum Gasteiger partial charge on any atom is 0.203 e. The smallest absolute Gasteiger partial charge is 0.203 e. The third kappa shape index (κ3) is 3.49. The first kappa shape index (κ1) is 15.3. The lowest BCUT2D eigenvalue weighted by Gasteiger charge is -2.13. The predicted molar refractivity (Wildman–Crippen MR) is 80.1 cm³/mol. The highest BCUT2D eigenvalue weighted by Crippen LogP contribution is 2.37. The van der Waals surface area contributed by atoms with Crippen molar-refractivity contribution < 1.29 is 18.6 Å². The molecule has 21 heavy (non-hydrogen) atoms. The highest BCUT2D eigenvalue weighted by molar-refractivity contribution is 5.51. The van der Waals surface area contributed by atoms with Gasteiger partial charge in [-0.1, -0.05) is 6.07 Å². The molecule has 2 aromatic rings. The largest absolute Gasteiger partial charge is 0.493 e. The Kier molecular flexibility index (Phi) is 5.11. The molecule has 5 heteroatoms. The zero-order chi connectivity index (χ0) is 15.2. The summed E-state index contributed by atoms with van der Waals surface area (Å²) in [6.45, 7) is 3.02. The van der Waals surface area contributed by atoms with E-state index in [0.717, 1.165) is 17.1 Å². The minimum absolute atomic E-state index is 0.399. The molecule has 0 unspecified atom stereocenters. The second kappa shape index (κ2) is 7.04. The number of ether oxygens (including phenoxy) is 3. The predicted octanol–water partition coefficient (Wildman–Crippen LogP) is 2.90. The second-order valence-electron chi connectivity index (χ2n) is 4.60. The van der Waals surface area contributed by atoms with Crippen molar-refractivity contribution in [1.29, 1.82) is 0 Å². The summed E-state index contributed by atoms with van der Waals surface area (Å²) >= 11 is 0. The van der Waals surface area contributed by atoms with Gasteiger partial charge in [-0.15, -0.1) is 0 Å². The van der Waals surface area contributed by atoms with Gasteiger partial charge < -0.3 is 23.9 Å². The van der Waals surface area contributed by atoms with Crippen molar-refractivity contribution >= 4 is 0 Å². The van der Waals surface area contributed by atoms with Crippen LogP contribution in [-0.4, -0.2) is 21.3 Å². The van der Waals surface area contributed by atoms with E-state index in [0.29, 0.717) is 30.4 Å². The van der Waals surface area contributed by atoms with Gasteiger partial charge in [-0.2, -0.15) is 0 Å². The summed E-state index contributed by atoms with van der Waals surface area (Å²) in [5.74, 6) is 3.63. The number of hydrogen-bond donors (Lipinski definition) is 1. The van der Waals surface area contributed by atoms with Crippen LogP contribution < -0.4 is 19.5 Å². The van der Waals surface area contributed by atoms with Crippen LogP contribution in [0.4, 0.5) is 0 Å². The highest BCUT2D eigenvalue weighted by Gasteiger charge is 2.13. The molecule has 0 fully saturated rings. The normalized spacial score (nSPS) is 10.5. The van der Waals surface area contributed by atoms with Crippen LogP contribution >= 0.6 is 0 Å². The molecule has 1 N–H and O–H groups in total. The first-order valence-corrected chi connectivity index (χ1v) is 6.76. The number of para-hydroxylation sites is 1. The van der Waals surface area contributed by atoms with Crippen molar-refractivity contribution in [3.8, 4) is 17.2 Å². The lowest BCUT2D eigenvalue weighted by molar-refractivity contribution is 0.264. The molecule has 0 spiro atoms. The van der Waals surface area contributed by atoms with Crippen molar-refractivity contribution in [3.63, 3.8) is 0 Å². The Bertz CT molecular complexity index is 570. The molecular weight excluding hydrogens is 270 g/mol. The average Bonchev–Trinajstić information content (AvgIpc) is 2.85. The molecule has 0 saturated carbocycles. The van der Waals surface area contributed by atoms with Gasteiger partial charge in [0.25, 0.3) is 0 Å². The van der Waals surface area contributed by atoms with Gasteiger partial charge >= 0.3 is 0 Å². The van der Waals surface area contributed by atoms with E-state index in [9.17, 15) is 0 Å². The molecule has 2 rings (SSSR count). The van der Waals surface area contributed by atoms with E-state index >= 15 is 0 Å². The molecule has 0 radical (unpaired) electrons. The molecule has 0 amide bonds. The number of hydrogen-bond acceptors (Lipinski definition) is 5. The molecule has 0 aliphatic heterocycles. The van der Waals surface area contributed by atoms with Crippen LogP contribution in [0.25, 0.3) is 0 Å². The van der Waals surface area contributed by atoms with Crippen LogP contribution in [0.1, 0.15) is 17.1 Å². The molecule has 1 heterocycles. The zero-order valence-electron chi connectivity index (χ0n) is 12.9. The SMILES string of the molecule is CNCc1cc(COc2c(OC)cccc2OC)c(C)o1. The fraction of sp³-hybridized carbons (Fsp3) is 0.375. The second-order valence-corrected chi connectivity index (χ2v) is 4.60. The summed E-state index contributed by atoms with van der Waals surface area (Å²) in [6.07, 6.45) is 0. The lowest BCUT2D eigenvalue weighted by atomic mass is 10.2. The van der Waals surface area contributed by atoms with Gasteiger partial charge in [-0.25, -0.2) is 0 Å². The summed E-state index contributed by atoms with van der Waals surface area (Å²) in [5.41, 5.74) is 1.01. The third-order valence-electron chi connectivity index (χ3n) is 3.18. The molecule has 0 aliphatic rings. The van der Waals surface area contributed by atoms with Gasteiger partial charge in [0, 0.05) is 5.56 Å². The zero-order valence-corrected chi connectivity index (χ0v) is 12.9. The Morgan fingerprint density at radius 3 is 2.38 bits per heavy atom. The van der Waals surface area contributed by atoms with Crippen LogP contribution in [0.15, 0.2) is 28.7 Å². The van der Waals surface area contributed by atoms with Gasteiger partial charge in [0.1, 0.15) is 18.1 Å². The number of rotatable bonds is 7. The molecule has 1 aromatic heterocycles. The van der Waals surface area contributed by atoms with Crippen LogP contribution in [0.3, 0.4) is 0 Å². The van der Waals surface area contributed by atoms with Crippen molar-refractivity contribution in [2.24, 2.45) is 0 Å². The molecule has 0 saturated heterocycles. The summed E-state index contributed by atoms with van der Waals surface area (Å²) < 4.78 is 22.2. The minimum Gasteiger partial charge on any atom is -0.493 e. The molecule has 0 atom stereocenters. The molecule has 0 bridgehead atoms. The number of furan rings is 1. The maximum absolute atomic E-state index is 5.88. The fourth-order valence-electron chi connectivity index (χ4n) is 2.10. The standard InChI is InChI=1S/C16H21NO4/c1-11-12(8-13(21-11)9-17-2)10-20-16-14(18-3)6-5-7-15(16)19-4/h5-8,17H,9-10H2,1-4H3. The Balaban J connectivity index is 2.16. The number of aryl methyl sites for hydroxylation is 1. The van der Waals surface area contributed by atoms with Crippen molar-refractivity contribution in [2.75, 3.05) is 21.3 Å². The van der Waals surface area contributed by atoms with E-state index in [2.05, 4.69) is 5.32 Å². The summed E-state index contributed by atoms with van der Waals surface area (Å²) in [7, 11) is 5.10. The average molecular weight is 291 g/mol. The topological polar surface area (TPSA) is 52.9 Å². The van der Waals surface area contributed by atoms with Crippen molar-refractivity contribution in [2.45, 2.75) is 20.1 Å². The lowest BCUT2D eigenvalue weighted by Crippen LogP contribution is -2.03. The van der Waals surface area contributed by atoms with Gasteiger partial charge in [-0.05, 0) is 32.2 Å². The van der Waals surface area contributed by atoms with Crippen LogP contribution in [0.2, 0.25) is 0 Å². The number of methoxy groups -OCH3 is 2. The Morgan fingerprint density at radius 1 is 1.14 bits per heavy atom. The molecular formula is C16H21NO4. The number of benzene rings is 1. The molecule has 114 valence electrons. The Hall–Kier alpha value is -2.14. The quantitative estimate of drug-likeness (QED) is 0.850. The van der Waals surface area contributed by atoms with Crippen molar-refractivity contribution in [3.05, 3.63) is 41.3 Å². The number of nitrogens with one attached hydrogen (secondary N) is 1.